The molecule has 18 heavy (non-hydrogen) atoms. The summed E-state index contributed by atoms with van der Waals surface area (Å²) in [6, 6.07) is 0. The molecule has 0 amide bonds. The van der Waals surface area contributed by atoms with Gasteiger partial charge in [0, 0.05) is 44.6 Å². The minimum atomic E-state index is -2.41. The molecule has 1 aliphatic heterocycles. The van der Waals surface area contributed by atoms with Gasteiger partial charge in [-0.15, -0.1) is 0 Å². The SMILES string of the molecule is CN1CCN(C(C)(C)C2CCC(F)(F)CC2)CC1. The number of rotatable bonds is 2. The maximum atomic E-state index is 13.2. The molecule has 1 saturated carbocycles. The molecular formula is C14H26F2N2. The molecule has 0 radical (unpaired) electrons. The smallest absolute Gasteiger partial charge is 0.248 e. The van der Waals surface area contributed by atoms with Crippen molar-refractivity contribution in [2.24, 2.45) is 5.92 Å². The molecule has 0 spiro atoms. The van der Waals surface area contributed by atoms with Crippen molar-refractivity contribution >= 4 is 0 Å². The number of alkyl halides is 2. The lowest BCUT2D eigenvalue weighted by molar-refractivity contribution is -0.0732. The Morgan fingerprint density at radius 1 is 1.00 bits per heavy atom. The van der Waals surface area contributed by atoms with E-state index in [-0.39, 0.29) is 18.4 Å². The Labute approximate surface area is 109 Å². The van der Waals surface area contributed by atoms with Gasteiger partial charge in [-0.05, 0) is 39.7 Å². The van der Waals surface area contributed by atoms with Crippen LogP contribution in [0.4, 0.5) is 8.78 Å². The van der Waals surface area contributed by atoms with Crippen molar-refractivity contribution in [2.45, 2.75) is 51.0 Å². The van der Waals surface area contributed by atoms with Gasteiger partial charge in [0.15, 0.2) is 0 Å². The Morgan fingerprint density at radius 2 is 1.50 bits per heavy atom. The van der Waals surface area contributed by atoms with Crippen LogP contribution in [0.3, 0.4) is 0 Å². The summed E-state index contributed by atoms with van der Waals surface area (Å²) < 4.78 is 26.5. The van der Waals surface area contributed by atoms with Crippen LogP contribution in [0.5, 0.6) is 0 Å². The molecule has 0 aromatic rings. The van der Waals surface area contributed by atoms with Gasteiger partial charge in [-0.2, -0.15) is 0 Å². The van der Waals surface area contributed by atoms with Crippen LogP contribution in [0.2, 0.25) is 0 Å². The molecule has 2 rings (SSSR count). The Balaban J connectivity index is 1.94. The third kappa shape index (κ3) is 3.02. The molecular weight excluding hydrogens is 234 g/mol. The van der Waals surface area contributed by atoms with Gasteiger partial charge in [-0.1, -0.05) is 0 Å². The molecule has 0 atom stereocenters. The summed E-state index contributed by atoms with van der Waals surface area (Å²) in [5, 5.41) is 0. The second kappa shape index (κ2) is 5.04. The molecule has 0 aromatic carbocycles. The van der Waals surface area contributed by atoms with E-state index in [1.54, 1.807) is 0 Å². The largest absolute Gasteiger partial charge is 0.304 e. The Bertz CT molecular complexity index is 274. The zero-order valence-corrected chi connectivity index (χ0v) is 11.9. The molecule has 0 unspecified atom stereocenters. The van der Waals surface area contributed by atoms with Crippen molar-refractivity contribution in [3.8, 4) is 0 Å². The molecule has 1 aliphatic carbocycles. The van der Waals surface area contributed by atoms with Crippen LogP contribution in [0, 0.1) is 5.92 Å². The third-order valence-electron chi connectivity index (χ3n) is 5.03. The van der Waals surface area contributed by atoms with Gasteiger partial charge >= 0.3 is 0 Å². The van der Waals surface area contributed by atoms with E-state index in [0.29, 0.717) is 18.8 Å². The number of likely N-dealkylation sites (N-methyl/N-ethyl adjacent to an activating group) is 1. The van der Waals surface area contributed by atoms with Gasteiger partial charge in [0.25, 0.3) is 0 Å². The van der Waals surface area contributed by atoms with Crippen LogP contribution in [-0.2, 0) is 0 Å². The van der Waals surface area contributed by atoms with Gasteiger partial charge < -0.3 is 4.90 Å². The van der Waals surface area contributed by atoms with Crippen LogP contribution < -0.4 is 0 Å². The maximum absolute atomic E-state index is 13.2. The molecule has 0 aromatic heterocycles. The average Bonchev–Trinajstić information content (AvgIpc) is 2.29. The molecule has 2 fully saturated rings. The average molecular weight is 260 g/mol. The summed E-state index contributed by atoms with van der Waals surface area (Å²) in [7, 11) is 2.14. The van der Waals surface area contributed by atoms with E-state index in [1.807, 2.05) is 0 Å². The van der Waals surface area contributed by atoms with Crippen LogP contribution in [-0.4, -0.2) is 54.5 Å². The molecule has 2 aliphatic rings. The number of nitrogens with zero attached hydrogens (tertiary/aromatic N) is 2. The molecule has 106 valence electrons. The van der Waals surface area contributed by atoms with Gasteiger partial charge in [0.2, 0.25) is 5.92 Å². The van der Waals surface area contributed by atoms with Crippen molar-refractivity contribution in [3.05, 3.63) is 0 Å². The third-order valence-corrected chi connectivity index (χ3v) is 5.03. The Morgan fingerprint density at radius 3 is 2.00 bits per heavy atom. The molecule has 2 nitrogen and oxygen atoms in total. The predicted molar refractivity (Wildman–Crippen MR) is 70.1 cm³/mol. The van der Waals surface area contributed by atoms with Crippen molar-refractivity contribution in [2.75, 3.05) is 33.2 Å². The van der Waals surface area contributed by atoms with Crippen LogP contribution in [0.25, 0.3) is 0 Å². The van der Waals surface area contributed by atoms with Crippen LogP contribution in [0.15, 0.2) is 0 Å². The van der Waals surface area contributed by atoms with E-state index in [9.17, 15) is 8.78 Å². The van der Waals surface area contributed by atoms with Gasteiger partial charge in [-0.3, -0.25) is 4.90 Å². The normalized spacial score (nSPS) is 28.5. The fourth-order valence-electron chi connectivity index (χ4n) is 3.39. The van der Waals surface area contributed by atoms with Crippen LogP contribution >= 0.6 is 0 Å². The lowest BCUT2D eigenvalue weighted by Gasteiger charge is -2.49. The summed E-state index contributed by atoms with van der Waals surface area (Å²) in [6.45, 7) is 8.80. The zero-order valence-electron chi connectivity index (χ0n) is 11.9. The van der Waals surface area contributed by atoms with Crippen LogP contribution in [0.1, 0.15) is 39.5 Å². The lowest BCUT2D eigenvalue weighted by atomic mass is 9.74. The van der Waals surface area contributed by atoms with Gasteiger partial charge in [-0.25, -0.2) is 8.78 Å². The topological polar surface area (TPSA) is 6.48 Å². The van der Waals surface area contributed by atoms with Crippen molar-refractivity contribution < 1.29 is 8.78 Å². The fourth-order valence-corrected chi connectivity index (χ4v) is 3.39. The highest BCUT2D eigenvalue weighted by Crippen LogP contribution is 2.42. The van der Waals surface area contributed by atoms with E-state index in [2.05, 4.69) is 30.7 Å². The quantitative estimate of drug-likeness (QED) is 0.753. The molecule has 1 heterocycles. The predicted octanol–water partition coefficient (Wildman–Crippen LogP) is 2.84. The molecule has 1 saturated heterocycles. The standard InChI is InChI=1S/C14H26F2N2/c1-13(2,18-10-8-17(3)9-11-18)12-4-6-14(15,16)7-5-12/h12H,4-11H2,1-3H3. The molecule has 0 N–H and O–H groups in total. The van der Waals surface area contributed by atoms with Crippen molar-refractivity contribution in [3.63, 3.8) is 0 Å². The minimum absolute atomic E-state index is 0.0672. The first-order valence-corrected chi connectivity index (χ1v) is 7.13. The summed E-state index contributed by atoms with van der Waals surface area (Å²) in [5.74, 6) is -1.99. The van der Waals surface area contributed by atoms with Gasteiger partial charge in [0.1, 0.15) is 0 Å². The summed E-state index contributed by atoms with van der Waals surface area (Å²) in [4.78, 5) is 4.84. The lowest BCUT2D eigenvalue weighted by Crippen LogP contribution is -2.57. The van der Waals surface area contributed by atoms with E-state index >= 15 is 0 Å². The molecule has 4 heteroatoms. The molecule has 0 bridgehead atoms. The van der Waals surface area contributed by atoms with E-state index in [0.717, 1.165) is 26.2 Å². The van der Waals surface area contributed by atoms with Crippen molar-refractivity contribution in [1.29, 1.82) is 0 Å². The Hall–Kier alpha value is -0.220. The first kappa shape index (κ1) is 14.2. The summed E-state index contributed by atoms with van der Waals surface area (Å²) >= 11 is 0. The first-order valence-electron chi connectivity index (χ1n) is 7.13. The highest BCUT2D eigenvalue weighted by molar-refractivity contribution is 4.94. The van der Waals surface area contributed by atoms with E-state index < -0.39 is 5.92 Å². The Kier molecular flexibility index (Phi) is 3.98. The number of halogens is 2. The van der Waals surface area contributed by atoms with E-state index in [1.165, 1.54) is 0 Å². The van der Waals surface area contributed by atoms with Crippen molar-refractivity contribution in [1.82, 2.24) is 9.80 Å². The number of piperazine rings is 1. The summed E-state index contributed by atoms with van der Waals surface area (Å²) in [5.41, 5.74) is 0.0672. The van der Waals surface area contributed by atoms with E-state index in [4.69, 9.17) is 0 Å². The zero-order chi connectivity index (χ0) is 13.4. The second-order valence-electron chi connectivity index (χ2n) is 6.57. The second-order valence-corrected chi connectivity index (χ2v) is 6.57. The highest BCUT2D eigenvalue weighted by Gasteiger charge is 2.43. The highest BCUT2D eigenvalue weighted by atomic mass is 19.3. The monoisotopic (exact) mass is 260 g/mol. The minimum Gasteiger partial charge on any atom is -0.304 e. The first-order chi connectivity index (χ1) is 8.31. The fraction of sp³-hybridized carbons (Fsp3) is 1.00. The summed E-state index contributed by atoms with van der Waals surface area (Å²) in [6.07, 6.45) is 1.50. The number of hydrogen-bond acceptors (Lipinski definition) is 2. The maximum Gasteiger partial charge on any atom is 0.248 e. The number of hydrogen-bond donors (Lipinski definition) is 0. The van der Waals surface area contributed by atoms with Gasteiger partial charge in [0.05, 0.1) is 0 Å².